The fourth-order valence-corrected chi connectivity index (χ4v) is 3.05. The van der Waals surface area contributed by atoms with E-state index in [4.69, 9.17) is 5.73 Å². The quantitative estimate of drug-likeness (QED) is 0.748. The fourth-order valence-electron chi connectivity index (χ4n) is 3.05. The summed E-state index contributed by atoms with van der Waals surface area (Å²) in [6.07, 6.45) is 8.60. The number of hydrogen-bond donors (Lipinski definition) is 1. The van der Waals surface area contributed by atoms with Crippen LogP contribution < -0.4 is 5.73 Å². The minimum atomic E-state index is 0.475. The summed E-state index contributed by atoms with van der Waals surface area (Å²) in [5, 5.41) is 0. The first-order valence-corrected chi connectivity index (χ1v) is 6.29. The van der Waals surface area contributed by atoms with Crippen LogP contribution in [0.3, 0.4) is 0 Å². The molecule has 0 aromatic rings. The van der Waals surface area contributed by atoms with Crippen molar-refractivity contribution in [1.29, 1.82) is 0 Å². The normalized spacial score (nSPS) is 35.6. The highest BCUT2D eigenvalue weighted by atomic mass is 15.2. The lowest BCUT2D eigenvalue weighted by Crippen LogP contribution is -2.59. The molecular formula is C12H24N2. The average Bonchev–Trinajstić information content (AvgIpc) is 2.15. The van der Waals surface area contributed by atoms with Crippen LogP contribution in [0.25, 0.3) is 0 Å². The molecule has 1 saturated carbocycles. The van der Waals surface area contributed by atoms with Crippen LogP contribution in [0.1, 0.15) is 45.4 Å². The van der Waals surface area contributed by atoms with Gasteiger partial charge in [0.25, 0.3) is 0 Å². The van der Waals surface area contributed by atoms with E-state index in [1.54, 1.807) is 0 Å². The molecule has 0 aromatic heterocycles. The maximum Gasteiger partial charge on any atom is 0.0297 e. The second kappa shape index (κ2) is 4.63. The molecule has 0 spiro atoms. The molecule has 14 heavy (non-hydrogen) atoms. The third-order valence-corrected chi connectivity index (χ3v) is 3.97. The zero-order valence-corrected chi connectivity index (χ0v) is 9.41. The molecule has 0 aromatic carbocycles. The molecule has 2 heteroatoms. The Kier molecular flexibility index (Phi) is 3.45. The maximum absolute atomic E-state index is 5.81. The number of nitrogens with two attached hydrogens (primary N) is 1. The van der Waals surface area contributed by atoms with Gasteiger partial charge < -0.3 is 5.73 Å². The maximum atomic E-state index is 5.81. The van der Waals surface area contributed by atoms with Crippen LogP contribution in [0, 0.1) is 5.92 Å². The Bertz CT molecular complexity index is 167. The van der Waals surface area contributed by atoms with Gasteiger partial charge >= 0.3 is 0 Å². The van der Waals surface area contributed by atoms with Crippen LogP contribution in [-0.4, -0.2) is 30.1 Å². The van der Waals surface area contributed by atoms with Crippen LogP contribution in [-0.2, 0) is 0 Å². The molecule has 1 aliphatic carbocycles. The second-order valence-corrected chi connectivity index (χ2v) is 5.18. The van der Waals surface area contributed by atoms with Crippen molar-refractivity contribution >= 4 is 0 Å². The van der Waals surface area contributed by atoms with E-state index in [2.05, 4.69) is 11.8 Å². The van der Waals surface area contributed by atoms with Crippen molar-refractivity contribution in [2.45, 2.75) is 57.5 Å². The van der Waals surface area contributed by atoms with Gasteiger partial charge in [0.2, 0.25) is 0 Å². The first kappa shape index (κ1) is 10.4. The van der Waals surface area contributed by atoms with Crippen molar-refractivity contribution in [2.75, 3.05) is 13.1 Å². The number of nitrogens with zero attached hydrogens (tertiary/aromatic N) is 1. The Balaban J connectivity index is 1.68. The first-order chi connectivity index (χ1) is 6.79. The smallest absolute Gasteiger partial charge is 0.0297 e. The van der Waals surface area contributed by atoms with Crippen molar-refractivity contribution in [3.8, 4) is 0 Å². The Morgan fingerprint density at radius 3 is 2.29 bits per heavy atom. The second-order valence-electron chi connectivity index (χ2n) is 5.18. The van der Waals surface area contributed by atoms with Gasteiger partial charge in [-0.2, -0.15) is 0 Å². The zero-order chi connectivity index (χ0) is 9.97. The van der Waals surface area contributed by atoms with E-state index in [1.165, 1.54) is 38.5 Å². The molecule has 2 fully saturated rings. The SMILES string of the molecule is CCCC1CCC(N2CC(N)C2)CC1. The molecule has 0 unspecified atom stereocenters. The zero-order valence-electron chi connectivity index (χ0n) is 9.41. The highest BCUT2D eigenvalue weighted by Gasteiger charge is 2.32. The van der Waals surface area contributed by atoms with Gasteiger partial charge in [0.15, 0.2) is 0 Å². The van der Waals surface area contributed by atoms with Gasteiger partial charge in [-0.25, -0.2) is 0 Å². The summed E-state index contributed by atoms with van der Waals surface area (Å²) < 4.78 is 0. The van der Waals surface area contributed by atoms with Gasteiger partial charge in [0.05, 0.1) is 0 Å². The summed E-state index contributed by atoms with van der Waals surface area (Å²) in [7, 11) is 0. The Morgan fingerprint density at radius 1 is 1.14 bits per heavy atom. The number of hydrogen-bond acceptors (Lipinski definition) is 2. The standard InChI is InChI=1S/C12H24N2/c1-2-3-10-4-6-12(7-5-10)14-8-11(13)9-14/h10-12H,2-9,13H2,1H3. The van der Waals surface area contributed by atoms with E-state index in [9.17, 15) is 0 Å². The molecule has 0 radical (unpaired) electrons. The lowest BCUT2D eigenvalue weighted by Gasteiger charge is -2.45. The lowest BCUT2D eigenvalue weighted by atomic mass is 9.82. The van der Waals surface area contributed by atoms with Crippen molar-refractivity contribution < 1.29 is 0 Å². The molecule has 0 bridgehead atoms. The molecule has 1 aliphatic heterocycles. The third-order valence-electron chi connectivity index (χ3n) is 3.97. The Morgan fingerprint density at radius 2 is 1.79 bits per heavy atom. The molecule has 0 amide bonds. The predicted molar refractivity (Wildman–Crippen MR) is 60.2 cm³/mol. The van der Waals surface area contributed by atoms with Crippen LogP contribution >= 0.6 is 0 Å². The van der Waals surface area contributed by atoms with Gasteiger partial charge in [-0.15, -0.1) is 0 Å². The summed E-state index contributed by atoms with van der Waals surface area (Å²) in [5.41, 5.74) is 5.81. The summed E-state index contributed by atoms with van der Waals surface area (Å²) >= 11 is 0. The summed E-state index contributed by atoms with van der Waals surface area (Å²) in [6, 6.07) is 1.35. The lowest BCUT2D eigenvalue weighted by molar-refractivity contribution is 0.0602. The van der Waals surface area contributed by atoms with Crippen molar-refractivity contribution in [1.82, 2.24) is 4.90 Å². The van der Waals surface area contributed by atoms with E-state index in [-0.39, 0.29) is 0 Å². The number of rotatable bonds is 3. The summed E-state index contributed by atoms with van der Waals surface area (Å²) in [5.74, 6) is 1.03. The predicted octanol–water partition coefficient (Wildman–Crippen LogP) is 1.99. The minimum Gasteiger partial charge on any atom is -0.325 e. The molecule has 82 valence electrons. The van der Waals surface area contributed by atoms with Crippen molar-refractivity contribution in [3.05, 3.63) is 0 Å². The van der Waals surface area contributed by atoms with E-state index in [1.807, 2.05) is 0 Å². The fraction of sp³-hybridized carbons (Fsp3) is 1.00. The highest BCUT2D eigenvalue weighted by molar-refractivity contribution is 4.90. The largest absolute Gasteiger partial charge is 0.325 e. The Hall–Kier alpha value is -0.0800. The van der Waals surface area contributed by atoms with E-state index in [0.29, 0.717) is 6.04 Å². The van der Waals surface area contributed by atoms with Crippen LogP contribution in [0.2, 0.25) is 0 Å². The molecule has 1 heterocycles. The molecule has 2 nitrogen and oxygen atoms in total. The minimum absolute atomic E-state index is 0.475. The summed E-state index contributed by atoms with van der Waals surface area (Å²) in [6.45, 7) is 4.62. The van der Waals surface area contributed by atoms with Gasteiger partial charge in [0, 0.05) is 25.2 Å². The van der Waals surface area contributed by atoms with Crippen molar-refractivity contribution in [2.24, 2.45) is 11.7 Å². The van der Waals surface area contributed by atoms with E-state index in [0.717, 1.165) is 25.0 Å². The highest BCUT2D eigenvalue weighted by Crippen LogP contribution is 2.31. The average molecular weight is 196 g/mol. The number of likely N-dealkylation sites (tertiary alicyclic amines) is 1. The molecular weight excluding hydrogens is 172 g/mol. The molecule has 2 N–H and O–H groups in total. The van der Waals surface area contributed by atoms with Crippen molar-refractivity contribution in [3.63, 3.8) is 0 Å². The monoisotopic (exact) mass is 196 g/mol. The van der Waals surface area contributed by atoms with Gasteiger partial charge in [-0.05, 0) is 31.6 Å². The van der Waals surface area contributed by atoms with Gasteiger partial charge in [-0.1, -0.05) is 19.8 Å². The molecule has 0 atom stereocenters. The van der Waals surface area contributed by atoms with Crippen LogP contribution in [0.4, 0.5) is 0 Å². The molecule has 2 rings (SSSR count). The summed E-state index contributed by atoms with van der Waals surface area (Å²) in [4.78, 5) is 2.59. The van der Waals surface area contributed by atoms with Gasteiger partial charge in [-0.3, -0.25) is 4.90 Å². The van der Waals surface area contributed by atoms with Crippen LogP contribution in [0.5, 0.6) is 0 Å². The van der Waals surface area contributed by atoms with Gasteiger partial charge in [0.1, 0.15) is 0 Å². The topological polar surface area (TPSA) is 29.3 Å². The molecule has 1 saturated heterocycles. The Labute approximate surface area is 87.8 Å². The van der Waals surface area contributed by atoms with E-state index >= 15 is 0 Å². The van der Waals surface area contributed by atoms with E-state index < -0.39 is 0 Å². The first-order valence-electron chi connectivity index (χ1n) is 6.29. The van der Waals surface area contributed by atoms with Crippen LogP contribution in [0.15, 0.2) is 0 Å². The third kappa shape index (κ3) is 2.29. The molecule has 2 aliphatic rings.